The first kappa shape index (κ1) is 25.7. The molecule has 32 heavy (non-hydrogen) atoms. The quantitative estimate of drug-likeness (QED) is 0.276. The van der Waals surface area contributed by atoms with Crippen LogP contribution in [0.4, 0.5) is 13.2 Å². The summed E-state index contributed by atoms with van der Waals surface area (Å²) in [6.07, 6.45) is -3.51. The van der Waals surface area contributed by atoms with Gasteiger partial charge in [-0.25, -0.2) is 0 Å². The monoisotopic (exact) mass is 487 g/mol. The molecule has 0 aromatic rings. The molecule has 186 valence electrons. The number of piperidine rings is 1. The third-order valence-corrected chi connectivity index (χ3v) is 6.99. The molecule has 3 rings (SSSR count). The summed E-state index contributed by atoms with van der Waals surface area (Å²) >= 11 is 0. The van der Waals surface area contributed by atoms with Crippen molar-refractivity contribution >= 4 is 16.3 Å². The number of amides is 1. The molecule has 3 aliphatic rings. The molecule has 3 fully saturated rings. The van der Waals surface area contributed by atoms with Crippen molar-refractivity contribution in [3.8, 4) is 0 Å². The van der Waals surface area contributed by atoms with E-state index in [-0.39, 0.29) is 18.0 Å². The smallest absolute Gasteiger partial charge is 0.411 e. The maximum absolute atomic E-state index is 12.7. The van der Waals surface area contributed by atoms with Crippen molar-refractivity contribution in [2.75, 3.05) is 39.0 Å². The Morgan fingerprint density at radius 2 is 1.81 bits per heavy atom. The van der Waals surface area contributed by atoms with Crippen LogP contribution in [0.15, 0.2) is 0 Å². The van der Waals surface area contributed by atoms with Gasteiger partial charge in [0.1, 0.15) is 35.8 Å². The Morgan fingerprint density at radius 1 is 1.16 bits per heavy atom. The van der Waals surface area contributed by atoms with Crippen LogP contribution in [0.25, 0.3) is 0 Å². The highest BCUT2D eigenvalue weighted by Crippen LogP contribution is 2.19. The molecule has 0 aliphatic carbocycles. The van der Waals surface area contributed by atoms with Crippen molar-refractivity contribution in [1.29, 1.82) is 0 Å². The van der Waals surface area contributed by atoms with E-state index < -0.39 is 42.1 Å². The first-order chi connectivity index (χ1) is 14.9. The maximum atomic E-state index is 12.7. The van der Waals surface area contributed by atoms with Gasteiger partial charge in [-0.15, -0.1) is 4.31 Å². The van der Waals surface area contributed by atoms with Crippen LogP contribution in [0.1, 0.15) is 26.2 Å². The fraction of sp³-hybridized carbons (Fsp3) is 0.941. The number of alkyl halides is 3. The summed E-state index contributed by atoms with van der Waals surface area (Å²) in [6, 6.07) is -0.0574. The number of ether oxygens (including phenoxy) is 1. The van der Waals surface area contributed by atoms with Crippen LogP contribution in [0, 0.1) is 0 Å². The number of hydrogen-bond acceptors (Lipinski definition) is 9. The molecular weight excluding hydrogens is 455 g/mol. The molecule has 5 atom stereocenters. The molecule has 15 heteroatoms. The lowest BCUT2D eigenvalue weighted by atomic mass is 10.1. The number of nitrogens with one attached hydrogen (secondary N) is 5. The first-order valence-corrected chi connectivity index (χ1v) is 12.4. The van der Waals surface area contributed by atoms with E-state index in [0.29, 0.717) is 39.0 Å². The van der Waals surface area contributed by atoms with Crippen molar-refractivity contribution in [3.63, 3.8) is 0 Å². The number of likely N-dealkylation sites (tertiary alicyclic amines) is 1. The summed E-state index contributed by atoms with van der Waals surface area (Å²) in [5, 5.41) is 15.3. The molecule has 5 unspecified atom stereocenters. The standard InChI is InChI=1S/C17H32F3N7O4S/c1-11(28)21-13-3-6-26(9-13)15-23-14(24-16(25-15)31-10-17(18,19)20)22-12-4-7-27(8-5-12)32(2,29)30/h12-16,22-25H,3-10H2,1-2H3,(H-,21,28,29,30). The Morgan fingerprint density at radius 3 is 2.41 bits per heavy atom. The van der Waals surface area contributed by atoms with E-state index in [9.17, 15) is 26.7 Å². The Kier molecular flexibility index (Phi) is 8.49. The van der Waals surface area contributed by atoms with E-state index in [0.717, 1.165) is 6.42 Å². The van der Waals surface area contributed by atoms with Crippen LogP contribution < -0.4 is 26.6 Å². The van der Waals surface area contributed by atoms with Crippen LogP contribution in [0.3, 0.4) is 0 Å². The molecule has 0 aromatic carbocycles. The Hall–Kier alpha value is -0.910. The summed E-state index contributed by atoms with van der Waals surface area (Å²) in [5.74, 6) is -0.130. The summed E-state index contributed by atoms with van der Waals surface area (Å²) in [5.41, 5.74) is 0. The summed E-state index contributed by atoms with van der Waals surface area (Å²) in [7, 11) is -3.25. The Labute approximate surface area is 186 Å². The molecule has 11 nitrogen and oxygen atoms in total. The fourth-order valence-corrected chi connectivity index (χ4v) is 5.07. The normalized spacial score (nSPS) is 33.2. The molecule has 1 amide bonds. The van der Waals surface area contributed by atoms with Gasteiger partial charge in [0, 0.05) is 45.2 Å². The zero-order valence-electron chi connectivity index (χ0n) is 18.1. The van der Waals surface area contributed by atoms with E-state index in [1.54, 1.807) is 0 Å². The zero-order chi connectivity index (χ0) is 23.5. The van der Waals surface area contributed by atoms with Gasteiger partial charge in [-0.05, 0) is 19.3 Å². The predicted molar refractivity (Wildman–Crippen MR) is 109 cm³/mol. The molecule has 5 N–H and O–H groups in total. The summed E-state index contributed by atoms with van der Waals surface area (Å²) < 4.78 is 67.8. The van der Waals surface area contributed by atoms with E-state index in [4.69, 9.17) is 4.74 Å². The third-order valence-electron chi connectivity index (χ3n) is 5.68. The lowest BCUT2D eigenvalue weighted by Gasteiger charge is -2.44. The molecular formula is C17H32F3N7O4S. The minimum absolute atomic E-state index is 0.0225. The summed E-state index contributed by atoms with van der Waals surface area (Å²) in [4.78, 5) is 13.3. The minimum atomic E-state index is -4.46. The van der Waals surface area contributed by atoms with Gasteiger partial charge in [-0.2, -0.15) is 13.2 Å². The average molecular weight is 488 g/mol. The van der Waals surface area contributed by atoms with Crippen LogP contribution in [0.2, 0.25) is 0 Å². The highest BCUT2D eigenvalue weighted by atomic mass is 32.3. The highest BCUT2D eigenvalue weighted by Gasteiger charge is 2.38. The molecule has 3 heterocycles. The van der Waals surface area contributed by atoms with Crippen molar-refractivity contribution in [3.05, 3.63) is 0 Å². The third kappa shape index (κ3) is 7.85. The number of nitrogens with zero attached hydrogens (tertiary/aromatic N) is 2. The number of carbonyl (C=O) groups is 1. The van der Waals surface area contributed by atoms with Crippen LogP contribution in [-0.2, 0) is 24.1 Å². The first-order valence-electron chi connectivity index (χ1n) is 10.6. The van der Waals surface area contributed by atoms with Crippen molar-refractivity contribution in [2.45, 2.75) is 63.4 Å². The average Bonchev–Trinajstić information content (AvgIpc) is 3.13. The molecule has 3 saturated heterocycles. The van der Waals surface area contributed by atoms with Crippen molar-refractivity contribution in [1.82, 2.24) is 35.8 Å². The van der Waals surface area contributed by atoms with E-state index in [2.05, 4.69) is 26.6 Å². The van der Waals surface area contributed by atoms with Gasteiger partial charge in [0.2, 0.25) is 5.91 Å². The van der Waals surface area contributed by atoms with Crippen molar-refractivity contribution in [2.24, 2.45) is 0 Å². The lowest BCUT2D eigenvalue weighted by molar-refractivity contribution is -0.201. The van der Waals surface area contributed by atoms with Gasteiger partial charge in [-0.1, -0.05) is 4.21 Å². The topological polar surface area (TPSA) is 133 Å². The number of halogens is 3. The number of rotatable bonds is 7. The van der Waals surface area contributed by atoms with Gasteiger partial charge in [0.05, 0.1) is 0 Å². The van der Waals surface area contributed by atoms with Gasteiger partial charge in [0.25, 0.3) is 0 Å². The van der Waals surface area contributed by atoms with Gasteiger partial charge in [-0.3, -0.25) is 31.0 Å². The molecule has 3 aliphatic heterocycles. The molecule has 0 radical (unpaired) electrons. The lowest BCUT2D eigenvalue weighted by Crippen LogP contribution is -2.76. The molecule has 0 aromatic heterocycles. The number of sulfonamides is 1. The molecule has 0 spiro atoms. The zero-order valence-corrected chi connectivity index (χ0v) is 18.9. The van der Waals surface area contributed by atoms with Gasteiger partial charge >= 0.3 is 6.18 Å². The number of hydrogen-bond donors (Lipinski definition) is 5. The van der Waals surface area contributed by atoms with Crippen molar-refractivity contribution < 1.29 is 31.5 Å². The van der Waals surface area contributed by atoms with Crippen LogP contribution in [0.5, 0.6) is 0 Å². The molecule has 0 bridgehead atoms. The highest BCUT2D eigenvalue weighted by molar-refractivity contribution is 7.94. The Bertz CT molecular complexity index is 690. The van der Waals surface area contributed by atoms with Crippen LogP contribution in [-0.4, -0.2) is 95.9 Å². The Balaban J connectivity index is 1.58. The molecule has 0 saturated carbocycles. The second-order valence-electron chi connectivity index (χ2n) is 8.43. The second kappa shape index (κ2) is 10.6. The van der Waals surface area contributed by atoms with E-state index >= 15 is 0 Å². The maximum Gasteiger partial charge on any atom is 0.411 e. The fourth-order valence-electron chi connectivity index (χ4n) is 4.19. The summed E-state index contributed by atoms with van der Waals surface area (Å²) in [6.45, 7) is 1.97. The van der Waals surface area contributed by atoms with Gasteiger partial charge < -0.3 is 14.6 Å². The largest absolute Gasteiger partial charge is 0.598 e. The van der Waals surface area contributed by atoms with E-state index in [1.165, 1.54) is 17.5 Å². The predicted octanol–water partition coefficient (Wildman–Crippen LogP) is -1.36. The SMILES string of the molecule is CC(=O)NC1CCN(C2NC(NC3CCN([S+](C)(=O)[O-])CC3)NC(OCC(F)(F)F)N2)C1. The second-order valence-corrected chi connectivity index (χ2v) is 10.4. The number of carbonyl (C=O) groups excluding carboxylic acids is 1. The minimum Gasteiger partial charge on any atom is -0.598 e. The van der Waals surface area contributed by atoms with Crippen LogP contribution >= 0.6 is 0 Å². The van der Waals surface area contributed by atoms with E-state index in [1.807, 2.05) is 4.90 Å². The van der Waals surface area contributed by atoms with Gasteiger partial charge in [0.15, 0.2) is 6.35 Å².